The zero-order chi connectivity index (χ0) is 24.9. The minimum absolute atomic E-state index is 0.185. The molecule has 0 atom stereocenters. The number of carbonyl (C=O) groups excluding carboxylic acids is 4. The number of rotatable bonds is 9. The summed E-state index contributed by atoms with van der Waals surface area (Å²) in [5, 5.41) is 5.47. The van der Waals surface area contributed by atoms with Crippen LogP contribution < -0.4 is 15.4 Å². The maximum absolute atomic E-state index is 13.0. The van der Waals surface area contributed by atoms with Crippen molar-refractivity contribution >= 4 is 23.8 Å². The normalized spacial score (nSPS) is 22.5. The van der Waals surface area contributed by atoms with E-state index in [1.807, 2.05) is 12.1 Å². The van der Waals surface area contributed by atoms with Crippen LogP contribution in [0.4, 0.5) is 4.79 Å². The number of ether oxygens (including phenoxy) is 2. The number of carbonyl (C=O) groups is 4. The lowest BCUT2D eigenvalue weighted by Gasteiger charge is -2.42. The summed E-state index contributed by atoms with van der Waals surface area (Å²) in [7, 11) is 1.57. The molecule has 1 spiro atoms. The van der Waals surface area contributed by atoms with E-state index < -0.39 is 36.6 Å². The van der Waals surface area contributed by atoms with Crippen molar-refractivity contribution in [1.29, 1.82) is 0 Å². The van der Waals surface area contributed by atoms with Gasteiger partial charge in [0, 0.05) is 6.54 Å². The molecule has 3 rings (SSSR count). The van der Waals surface area contributed by atoms with Gasteiger partial charge in [-0.05, 0) is 54.7 Å². The summed E-state index contributed by atoms with van der Waals surface area (Å²) >= 11 is 0. The topological polar surface area (TPSA) is 114 Å². The van der Waals surface area contributed by atoms with Crippen molar-refractivity contribution in [2.24, 2.45) is 11.3 Å². The van der Waals surface area contributed by atoms with Crippen LogP contribution in [0, 0.1) is 11.3 Å². The van der Waals surface area contributed by atoms with Crippen LogP contribution in [0.3, 0.4) is 0 Å². The van der Waals surface area contributed by atoms with Crippen LogP contribution in [0.5, 0.6) is 5.75 Å². The predicted octanol–water partition coefficient (Wildman–Crippen LogP) is 2.77. The molecule has 4 amide bonds. The Labute approximate surface area is 200 Å². The average Bonchev–Trinajstić information content (AvgIpc) is 3.05. The highest BCUT2D eigenvalue weighted by molar-refractivity contribution is 6.08. The summed E-state index contributed by atoms with van der Waals surface area (Å²) in [5.41, 5.74) is 0.111. The molecule has 9 nitrogen and oxygen atoms in total. The van der Waals surface area contributed by atoms with Crippen molar-refractivity contribution in [3.05, 3.63) is 29.8 Å². The fourth-order valence-electron chi connectivity index (χ4n) is 4.66. The van der Waals surface area contributed by atoms with Gasteiger partial charge in [0.1, 0.15) is 17.8 Å². The Kier molecular flexibility index (Phi) is 7.84. The molecule has 9 heteroatoms. The molecule has 1 saturated heterocycles. The van der Waals surface area contributed by atoms with E-state index in [1.165, 1.54) is 0 Å². The van der Waals surface area contributed by atoms with E-state index in [4.69, 9.17) is 9.47 Å². The lowest BCUT2D eigenvalue weighted by molar-refractivity contribution is -0.151. The zero-order valence-electron chi connectivity index (χ0n) is 20.4. The van der Waals surface area contributed by atoms with Gasteiger partial charge in [-0.25, -0.2) is 4.79 Å². The van der Waals surface area contributed by atoms with Crippen molar-refractivity contribution in [2.75, 3.05) is 20.3 Å². The quantitative estimate of drug-likeness (QED) is 0.421. The molecule has 0 unspecified atom stereocenters. The van der Waals surface area contributed by atoms with Gasteiger partial charge in [0.05, 0.1) is 7.11 Å². The van der Waals surface area contributed by atoms with Crippen LogP contribution in [-0.4, -0.2) is 54.5 Å². The smallest absolute Gasteiger partial charge is 0.326 e. The Morgan fingerprint density at radius 3 is 2.41 bits per heavy atom. The molecule has 0 radical (unpaired) electrons. The second kappa shape index (κ2) is 10.4. The van der Waals surface area contributed by atoms with Gasteiger partial charge in [0.2, 0.25) is 0 Å². The van der Waals surface area contributed by atoms with Crippen molar-refractivity contribution in [1.82, 2.24) is 15.5 Å². The second-order valence-electron chi connectivity index (χ2n) is 9.81. The van der Waals surface area contributed by atoms with E-state index in [1.54, 1.807) is 19.2 Å². The maximum Gasteiger partial charge on any atom is 0.326 e. The Morgan fingerprint density at radius 2 is 1.82 bits per heavy atom. The van der Waals surface area contributed by atoms with E-state index in [2.05, 4.69) is 31.4 Å². The number of esters is 1. The Balaban J connectivity index is 1.45. The van der Waals surface area contributed by atoms with Crippen LogP contribution >= 0.6 is 0 Å². The van der Waals surface area contributed by atoms with Gasteiger partial charge in [-0.15, -0.1) is 0 Å². The third kappa shape index (κ3) is 5.69. The molecular weight excluding hydrogens is 438 g/mol. The van der Waals surface area contributed by atoms with Crippen molar-refractivity contribution < 1.29 is 28.7 Å². The van der Waals surface area contributed by atoms with E-state index in [0.717, 1.165) is 29.7 Å². The maximum atomic E-state index is 13.0. The highest BCUT2D eigenvalue weighted by atomic mass is 16.5. The van der Waals surface area contributed by atoms with Crippen LogP contribution in [0.2, 0.25) is 0 Å². The number of hydrogen-bond donors (Lipinski definition) is 2. The fourth-order valence-corrected chi connectivity index (χ4v) is 4.66. The first-order valence-electron chi connectivity index (χ1n) is 11.8. The molecule has 1 aliphatic carbocycles. The Morgan fingerprint density at radius 1 is 1.18 bits per heavy atom. The highest BCUT2D eigenvalue weighted by Crippen LogP contribution is 2.45. The number of amides is 4. The third-order valence-electron chi connectivity index (χ3n) is 7.40. The zero-order valence-corrected chi connectivity index (χ0v) is 20.4. The second-order valence-corrected chi connectivity index (χ2v) is 9.81. The molecule has 34 heavy (non-hydrogen) atoms. The van der Waals surface area contributed by atoms with Gasteiger partial charge in [0.25, 0.3) is 11.8 Å². The molecular formula is C25H35N3O6. The predicted molar refractivity (Wildman–Crippen MR) is 125 cm³/mol. The highest BCUT2D eigenvalue weighted by Gasteiger charge is 2.53. The molecule has 1 heterocycles. The molecule has 2 aliphatic rings. The SMILES string of the molecule is CCC(C)(C)C1CCC2(CC1)NC(=O)N(CC(=O)OCC(=O)NCc1ccc(OC)cc1)C2=O. The summed E-state index contributed by atoms with van der Waals surface area (Å²) in [4.78, 5) is 50.7. The van der Waals surface area contributed by atoms with Gasteiger partial charge >= 0.3 is 12.0 Å². The van der Waals surface area contributed by atoms with E-state index >= 15 is 0 Å². The lowest BCUT2D eigenvalue weighted by Crippen LogP contribution is -2.51. The number of nitrogens with zero attached hydrogens (tertiary/aromatic N) is 1. The van der Waals surface area contributed by atoms with Crippen LogP contribution in [-0.2, 0) is 25.7 Å². The van der Waals surface area contributed by atoms with Gasteiger partial charge in [-0.1, -0.05) is 39.3 Å². The summed E-state index contributed by atoms with van der Waals surface area (Å²) < 4.78 is 10.1. The van der Waals surface area contributed by atoms with Crippen LogP contribution in [0.15, 0.2) is 24.3 Å². The van der Waals surface area contributed by atoms with Crippen molar-refractivity contribution in [3.8, 4) is 5.75 Å². The van der Waals surface area contributed by atoms with Crippen molar-refractivity contribution in [2.45, 2.75) is 65.0 Å². The minimum atomic E-state index is -0.937. The van der Waals surface area contributed by atoms with Gasteiger partial charge in [-0.2, -0.15) is 0 Å². The number of methoxy groups -OCH3 is 1. The fraction of sp³-hybridized carbons (Fsp3) is 0.600. The molecule has 2 fully saturated rings. The van der Waals surface area contributed by atoms with Crippen LogP contribution in [0.25, 0.3) is 0 Å². The van der Waals surface area contributed by atoms with Gasteiger partial charge in [0.15, 0.2) is 6.61 Å². The third-order valence-corrected chi connectivity index (χ3v) is 7.40. The molecule has 1 aromatic rings. The van der Waals surface area contributed by atoms with E-state index in [-0.39, 0.29) is 17.9 Å². The molecule has 0 bridgehead atoms. The minimum Gasteiger partial charge on any atom is -0.497 e. The summed E-state index contributed by atoms with van der Waals surface area (Å²) in [6, 6.07) is 6.61. The first kappa shape index (κ1) is 25.5. The Hall–Kier alpha value is -3.10. The van der Waals surface area contributed by atoms with Gasteiger partial charge in [-0.3, -0.25) is 19.3 Å². The standard InChI is InChI=1S/C25H35N3O6/c1-5-24(2,3)18-10-12-25(13-11-18)22(31)28(23(32)27-25)15-21(30)34-16-20(29)26-14-17-6-8-19(33-4)9-7-17/h6-9,18H,5,10-16H2,1-4H3,(H,26,29)(H,27,32). The van der Waals surface area contributed by atoms with Gasteiger partial charge < -0.3 is 20.1 Å². The van der Waals surface area contributed by atoms with E-state index in [0.29, 0.717) is 24.5 Å². The van der Waals surface area contributed by atoms with E-state index in [9.17, 15) is 19.2 Å². The summed E-state index contributed by atoms with van der Waals surface area (Å²) in [5.74, 6) is -0.464. The molecule has 2 N–H and O–H groups in total. The molecule has 186 valence electrons. The summed E-state index contributed by atoms with van der Waals surface area (Å²) in [6.07, 6.45) is 3.87. The molecule has 1 aromatic carbocycles. The number of hydrogen-bond acceptors (Lipinski definition) is 6. The molecule has 0 aromatic heterocycles. The largest absolute Gasteiger partial charge is 0.497 e. The monoisotopic (exact) mass is 473 g/mol. The Bertz CT molecular complexity index is 919. The molecule has 1 saturated carbocycles. The first-order valence-corrected chi connectivity index (χ1v) is 11.8. The molecule has 1 aliphatic heterocycles. The average molecular weight is 474 g/mol. The van der Waals surface area contributed by atoms with Crippen LogP contribution in [0.1, 0.15) is 58.4 Å². The summed E-state index contributed by atoms with van der Waals surface area (Å²) in [6.45, 7) is 5.91. The number of imide groups is 1. The first-order chi connectivity index (χ1) is 16.1. The lowest BCUT2D eigenvalue weighted by atomic mass is 9.65. The van der Waals surface area contributed by atoms with Crippen molar-refractivity contribution in [3.63, 3.8) is 0 Å². The number of benzene rings is 1. The number of nitrogens with one attached hydrogen (secondary N) is 2. The number of urea groups is 1.